The number of rotatable bonds is 6. The van der Waals surface area contributed by atoms with E-state index in [1.165, 1.54) is 12.1 Å². The number of nitrogens with one attached hydrogen (secondary N) is 1. The first kappa shape index (κ1) is 17.5. The zero-order valence-corrected chi connectivity index (χ0v) is 13.0. The molecule has 0 aromatic heterocycles. The van der Waals surface area contributed by atoms with Crippen LogP contribution in [-0.2, 0) is 0 Å². The Morgan fingerprint density at radius 1 is 1.20 bits per heavy atom. The Morgan fingerprint density at radius 2 is 1.75 bits per heavy atom. The van der Waals surface area contributed by atoms with Gasteiger partial charge in [0, 0.05) is 10.5 Å². The maximum Gasteiger partial charge on any atom is 0.407 e. The smallest absolute Gasteiger partial charge is 0.395 e. The van der Waals surface area contributed by atoms with Gasteiger partial charge in [-0.15, -0.1) is 0 Å². The highest BCUT2D eigenvalue weighted by Crippen LogP contribution is 2.34. The Hall–Kier alpha value is -0.590. The van der Waals surface area contributed by atoms with Crippen LogP contribution in [0, 0.1) is 5.92 Å². The lowest BCUT2D eigenvalue weighted by atomic mass is 10.0. The molecule has 1 aromatic carbocycles. The highest BCUT2D eigenvalue weighted by Gasteiger charge is 2.41. The van der Waals surface area contributed by atoms with Crippen molar-refractivity contribution in [1.82, 2.24) is 5.32 Å². The molecule has 114 valence electrons. The molecule has 0 amide bonds. The van der Waals surface area contributed by atoms with Gasteiger partial charge in [0.25, 0.3) is 0 Å². The van der Waals surface area contributed by atoms with Crippen LogP contribution in [0.15, 0.2) is 28.7 Å². The van der Waals surface area contributed by atoms with Crippen molar-refractivity contribution in [3.8, 4) is 0 Å². The number of aliphatic hydroxyl groups excluding tert-OH is 1. The lowest BCUT2D eigenvalue weighted by molar-refractivity contribution is -0.160. The molecule has 1 aromatic rings. The van der Waals surface area contributed by atoms with Gasteiger partial charge in [0.15, 0.2) is 0 Å². The van der Waals surface area contributed by atoms with Crippen molar-refractivity contribution in [2.75, 3.05) is 6.61 Å². The lowest BCUT2D eigenvalue weighted by Gasteiger charge is -2.28. The minimum atomic E-state index is -4.40. The topological polar surface area (TPSA) is 32.3 Å². The van der Waals surface area contributed by atoms with Crippen LogP contribution in [0.3, 0.4) is 0 Å². The van der Waals surface area contributed by atoms with Gasteiger partial charge in [-0.3, -0.25) is 5.32 Å². The van der Waals surface area contributed by atoms with Crippen LogP contribution in [0.1, 0.15) is 31.9 Å². The molecule has 2 nitrogen and oxygen atoms in total. The Labute approximate surface area is 125 Å². The average Bonchev–Trinajstić information content (AvgIpc) is 2.34. The third-order valence-electron chi connectivity index (χ3n) is 2.91. The predicted molar refractivity (Wildman–Crippen MR) is 76.4 cm³/mol. The van der Waals surface area contributed by atoms with Crippen LogP contribution in [0.4, 0.5) is 13.2 Å². The van der Waals surface area contributed by atoms with Gasteiger partial charge in [0.05, 0.1) is 6.61 Å². The maximum atomic E-state index is 13.2. The summed E-state index contributed by atoms with van der Waals surface area (Å²) in [4.78, 5) is 0. The summed E-state index contributed by atoms with van der Waals surface area (Å²) in [7, 11) is 0. The zero-order chi connectivity index (χ0) is 15.3. The van der Waals surface area contributed by atoms with E-state index < -0.39 is 18.3 Å². The first-order chi connectivity index (χ1) is 9.24. The van der Waals surface area contributed by atoms with Crippen molar-refractivity contribution in [3.63, 3.8) is 0 Å². The highest BCUT2D eigenvalue weighted by molar-refractivity contribution is 9.10. The Morgan fingerprint density at radius 3 is 2.15 bits per heavy atom. The first-order valence-corrected chi connectivity index (χ1v) is 7.22. The zero-order valence-electron chi connectivity index (χ0n) is 11.4. The van der Waals surface area contributed by atoms with E-state index in [0.29, 0.717) is 6.42 Å². The molecule has 1 unspecified atom stereocenters. The molecule has 0 saturated carbocycles. The molecule has 0 aliphatic heterocycles. The molecule has 0 spiro atoms. The van der Waals surface area contributed by atoms with Crippen LogP contribution in [0.2, 0.25) is 0 Å². The second-order valence-corrected chi connectivity index (χ2v) is 6.12. The number of hydrogen-bond acceptors (Lipinski definition) is 2. The molecule has 20 heavy (non-hydrogen) atoms. The predicted octanol–water partition coefficient (Wildman–Crippen LogP) is 4.05. The van der Waals surface area contributed by atoms with Crippen LogP contribution in [0.5, 0.6) is 0 Å². The average molecular weight is 354 g/mol. The van der Waals surface area contributed by atoms with Gasteiger partial charge in [0.2, 0.25) is 0 Å². The van der Waals surface area contributed by atoms with Gasteiger partial charge >= 0.3 is 6.18 Å². The summed E-state index contributed by atoms with van der Waals surface area (Å²) in [6.07, 6.45) is -3.92. The summed E-state index contributed by atoms with van der Waals surface area (Å²) in [6.45, 7) is 3.50. The van der Waals surface area contributed by atoms with E-state index in [1.807, 2.05) is 13.8 Å². The van der Waals surface area contributed by atoms with Crippen molar-refractivity contribution in [1.29, 1.82) is 0 Å². The monoisotopic (exact) mass is 353 g/mol. The third kappa shape index (κ3) is 5.42. The molecular formula is C14H19BrF3NO. The fourth-order valence-corrected chi connectivity index (χ4v) is 2.30. The molecular weight excluding hydrogens is 335 g/mol. The largest absolute Gasteiger partial charge is 0.407 e. The maximum absolute atomic E-state index is 13.2. The minimum Gasteiger partial charge on any atom is -0.395 e. The molecule has 0 saturated heterocycles. The van der Waals surface area contributed by atoms with Crippen molar-refractivity contribution in [2.45, 2.75) is 38.5 Å². The summed E-state index contributed by atoms with van der Waals surface area (Å²) in [5, 5.41) is 11.8. The molecule has 2 N–H and O–H groups in total. The molecule has 0 bridgehead atoms. The lowest BCUT2D eigenvalue weighted by Crippen LogP contribution is -2.43. The highest BCUT2D eigenvalue weighted by atomic mass is 79.9. The van der Waals surface area contributed by atoms with Crippen molar-refractivity contribution in [2.24, 2.45) is 5.92 Å². The number of benzene rings is 1. The van der Waals surface area contributed by atoms with Gasteiger partial charge in [-0.2, -0.15) is 13.2 Å². The first-order valence-electron chi connectivity index (χ1n) is 6.43. The van der Waals surface area contributed by atoms with Crippen LogP contribution in [0.25, 0.3) is 0 Å². The van der Waals surface area contributed by atoms with Crippen LogP contribution < -0.4 is 5.32 Å². The standard InChI is InChI=1S/C14H19BrF3NO/c1-9(2)7-12(8-20)19-13(14(16,17)18)10-3-5-11(15)6-4-10/h3-6,9,12-13,19-20H,7-8H2,1-2H3/t12?,13-/m0/s1. The fourth-order valence-electron chi connectivity index (χ4n) is 2.03. The molecule has 0 aliphatic carbocycles. The molecule has 0 heterocycles. The van der Waals surface area contributed by atoms with Gasteiger partial charge in [-0.25, -0.2) is 0 Å². The van der Waals surface area contributed by atoms with Crippen molar-refractivity contribution >= 4 is 15.9 Å². The van der Waals surface area contributed by atoms with E-state index in [-0.39, 0.29) is 18.1 Å². The number of aliphatic hydroxyl groups is 1. The van der Waals surface area contributed by atoms with E-state index in [4.69, 9.17) is 0 Å². The molecule has 0 aliphatic rings. The summed E-state index contributed by atoms with van der Waals surface area (Å²) < 4.78 is 40.3. The van der Waals surface area contributed by atoms with Crippen molar-refractivity contribution in [3.05, 3.63) is 34.3 Å². The minimum absolute atomic E-state index is 0.142. The van der Waals surface area contributed by atoms with Crippen molar-refractivity contribution < 1.29 is 18.3 Å². The summed E-state index contributed by atoms with van der Waals surface area (Å²) in [5.74, 6) is 0.207. The Balaban J connectivity index is 2.92. The second-order valence-electron chi connectivity index (χ2n) is 5.20. The summed E-state index contributed by atoms with van der Waals surface area (Å²) >= 11 is 3.20. The van der Waals surface area contributed by atoms with Crippen LogP contribution in [-0.4, -0.2) is 23.9 Å². The Bertz CT molecular complexity index is 406. The number of hydrogen-bond donors (Lipinski definition) is 2. The normalized spacial score (nSPS) is 15.4. The molecule has 1 rings (SSSR count). The van der Waals surface area contributed by atoms with Gasteiger partial charge in [-0.05, 0) is 30.0 Å². The van der Waals surface area contributed by atoms with E-state index >= 15 is 0 Å². The SMILES string of the molecule is CC(C)CC(CO)N[C@@H](c1ccc(Br)cc1)C(F)(F)F. The molecule has 6 heteroatoms. The molecule has 2 atom stereocenters. The van der Waals surface area contributed by atoms with Gasteiger partial charge in [0.1, 0.15) is 6.04 Å². The molecule has 0 radical (unpaired) electrons. The van der Waals surface area contributed by atoms with E-state index in [2.05, 4.69) is 21.2 Å². The van der Waals surface area contributed by atoms with E-state index in [1.54, 1.807) is 12.1 Å². The fraction of sp³-hybridized carbons (Fsp3) is 0.571. The Kier molecular flexibility index (Phi) is 6.48. The van der Waals surface area contributed by atoms with Crippen LogP contribution >= 0.6 is 15.9 Å². The summed E-state index contributed by atoms with van der Waals surface area (Å²) in [6, 6.07) is 3.66. The quantitative estimate of drug-likeness (QED) is 0.808. The van der Waals surface area contributed by atoms with Gasteiger partial charge < -0.3 is 5.11 Å². The molecule has 0 fully saturated rings. The van der Waals surface area contributed by atoms with Gasteiger partial charge in [-0.1, -0.05) is 41.9 Å². The summed E-state index contributed by atoms with van der Waals surface area (Å²) in [5.41, 5.74) is 0.142. The third-order valence-corrected chi connectivity index (χ3v) is 3.44. The number of halogens is 4. The van der Waals surface area contributed by atoms with E-state index in [9.17, 15) is 18.3 Å². The van der Waals surface area contributed by atoms with E-state index in [0.717, 1.165) is 4.47 Å². The number of alkyl halides is 3. The second kappa shape index (κ2) is 7.43.